The zero-order valence-corrected chi connectivity index (χ0v) is 18.3. The fraction of sp³-hybridized carbons (Fsp3) is 0.250. The lowest BCUT2D eigenvalue weighted by Crippen LogP contribution is -2.16. The number of anilines is 1. The molecule has 1 aromatic heterocycles. The first-order valence-corrected chi connectivity index (χ1v) is 9.76. The van der Waals surface area contributed by atoms with Gasteiger partial charge in [0.25, 0.3) is 0 Å². The molecule has 9 heteroatoms. The van der Waals surface area contributed by atoms with Crippen LogP contribution in [0.5, 0.6) is 11.5 Å². The summed E-state index contributed by atoms with van der Waals surface area (Å²) in [6, 6.07) is 13.8. The SMILES string of the molecule is COc1ccccc1-c1nnc2n1N=C(c1ccc(OC)c(N(C)C)c1)CS2.Cl. The summed E-state index contributed by atoms with van der Waals surface area (Å²) in [7, 11) is 7.32. The molecular weight excluding hydrogens is 410 g/mol. The Morgan fingerprint density at radius 3 is 2.48 bits per heavy atom. The minimum absolute atomic E-state index is 0. The van der Waals surface area contributed by atoms with Crippen LogP contribution in [-0.4, -0.2) is 54.7 Å². The molecule has 29 heavy (non-hydrogen) atoms. The normalized spacial score (nSPS) is 12.5. The van der Waals surface area contributed by atoms with Crippen molar-refractivity contribution >= 4 is 35.6 Å². The van der Waals surface area contributed by atoms with Crippen LogP contribution in [0.3, 0.4) is 0 Å². The summed E-state index contributed by atoms with van der Waals surface area (Å²) in [6.07, 6.45) is 0. The molecule has 2 heterocycles. The van der Waals surface area contributed by atoms with Crippen molar-refractivity contribution < 1.29 is 9.47 Å². The lowest BCUT2D eigenvalue weighted by molar-refractivity contribution is 0.415. The molecule has 1 aliphatic rings. The van der Waals surface area contributed by atoms with Crippen LogP contribution in [0.1, 0.15) is 5.56 Å². The average molecular weight is 432 g/mol. The molecule has 0 spiro atoms. The molecule has 1 aliphatic heterocycles. The first-order valence-electron chi connectivity index (χ1n) is 8.77. The second-order valence-electron chi connectivity index (χ2n) is 6.43. The van der Waals surface area contributed by atoms with E-state index in [9.17, 15) is 0 Å². The zero-order chi connectivity index (χ0) is 19.7. The van der Waals surface area contributed by atoms with Gasteiger partial charge in [-0.05, 0) is 30.3 Å². The molecule has 0 unspecified atom stereocenters. The van der Waals surface area contributed by atoms with E-state index in [1.807, 2.05) is 55.4 Å². The summed E-state index contributed by atoms with van der Waals surface area (Å²) in [5.74, 6) is 2.96. The van der Waals surface area contributed by atoms with Crippen molar-refractivity contribution in [1.82, 2.24) is 14.9 Å². The Morgan fingerprint density at radius 2 is 1.76 bits per heavy atom. The number of rotatable bonds is 5. The van der Waals surface area contributed by atoms with Crippen LogP contribution >= 0.6 is 24.2 Å². The van der Waals surface area contributed by atoms with Crippen LogP contribution in [0.25, 0.3) is 11.4 Å². The van der Waals surface area contributed by atoms with Crippen LogP contribution in [0, 0.1) is 0 Å². The number of methoxy groups -OCH3 is 2. The quantitative estimate of drug-likeness (QED) is 0.612. The molecule has 152 valence electrons. The summed E-state index contributed by atoms with van der Waals surface area (Å²) < 4.78 is 12.7. The number of hydrogen-bond acceptors (Lipinski definition) is 7. The van der Waals surface area contributed by atoms with E-state index in [1.54, 1.807) is 30.7 Å². The van der Waals surface area contributed by atoms with Crippen molar-refractivity contribution in [2.24, 2.45) is 5.10 Å². The van der Waals surface area contributed by atoms with Gasteiger partial charge in [0.15, 0.2) is 5.82 Å². The van der Waals surface area contributed by atoms with E-state index < -0.39 is 0 Å². The largest absolute Gasteiger partial charge is 0.496 e. The van der Waals surface area contributed by atoms with Gasteiger partial charge in [-0.1, -0.05) is 23.9 Å². The summed E-state index contributed by atoms with van der Waals surface area (Å²) in [5.41, 5.74) is 3.87. The summed E-state index contributed by atoms with van der Waals surface area (Å²) in [6.45, 7) is 0. The van der Waals surface area contributed by atoms with Crippen molar-refractivity contribution in [2.75, 3.05) is 39.0 Å². The van der Waals surface area contributed by atoms with Gasteiger partial charge in [-0.3, -0.25) is 0 Å². The second kappa shape index (κ2) is 8.75. The highest BCUT2D eigenvalue weighted by molar-refractivity contribution is 7.99. The molecule has 7 nitrogen and oxygen atoms in total. The molecule has 0 radical (unpaired) electrons. The lowest BCUT2D eigenvalue weighted by atomic mass is 10.1. The number of ether oxygens (including phenoxy) is 2. The number of aromatic nitrogens is 3. The number of para-hydroxylation sites is 1. The van der Waals surface area contributed by atoms with Gasteiger partial charge in [0, 0.05) is 25.4 Å². The highest BCUT2D eigenvalue weighted by atomic mass is 35.5. The Hall–Kier alpha value is -2.71. The second-order valence-corrected chi connectivity index (χ2v) is 7.38. The molecule has 0 atom stereocenters. The molecule has 3 aromatic rings. The van der Waals surface area contributed by atoms with Crippen molar-refractivity contribution in [2.45, 2.75) is 5.16 Å². The van der Waals surface area contributed by atoms with Crippen LogP contribution in [-0.2, 0) is 0 Å². The highest BCUT2D eigenvalue weighted by Gasteiger charge is 2.23. The third-order valence-electron chi connectivity index (χ3n) is 4.51. The topological polar surface area (TPSA) is 64.8 Å². The number of nitrogens with zero attached hydrogens (tertiary/aromatic N) is 5. The van der Waals surface area contributed by atoms with Gasteiger partial charge in [0.1, 0.15) is 11.5 Å². The molecule has 4 rings (SSSR count). The van der Waals surface area contributed by atoms with E-state index in [-0.39, 0.29) is 12.4 Å². The summed E-state index contributed by atoms with van der Waals surface area (Å²) in [4.78, 5) is 2.03. The number of hydrogen-bond donors (Lipinski definition) is 0. The maximum Gasteiger partial charge on any atom is 0.212 e. The Labute approximate surface area is 180 Å². The van der Waals surface area contributed by atoms with Gasteiger partial charge in [0.05, 0.1) is 31.2 Å². The number of benzene rings is 2. The van der Waals surface area contributed by atoms with Crippen molar-refractivity contribution in [3.8, 4) is 22.9 Å². The summed E-state index contributed by atoms with van der Waals surface area (Å²) >= 11 is 1.62. The Balaban J connectivity index is 0.00000240. The van der Waals surface area contributed by atoms with Crippen LogP contribution < -0.4 is 14.4 Å². The highest BCUT2D eigenvalue weighted by Crippen LogP contribution is 2.34. The lowest BCUT2D eigenvalue weighted by Gasteiger charge is -2.19. The van der Waals surface area contributed by atoms with Crippen LogP contribution in [0.15, 0.2) is 52.7 Å². The van der Waals surface area contributed by atoms with Gasteiger partial charge in [-0.15, -0.1) is 22.6 Å². The average Bonchev–Trinajstić information content (AvgIpc) is 3.16. The molecule has 2 aromatic carbocycles. The molecule has 0 N–H and O–H groups in total. The minimum atomic E-state index is 0. The van der Waals surface area contributed by atoms with Gasteiger partial charge in [-0.2, -0.15) is 9.78 Å². The molecule has 0 saturated heterocycles. The van der Waals surface area contributed by atoms with E-state index in [0.717, 1.165) is 44.9 Å². The number of thioether (sulfide) groups is 1. The Morgan fingerprint density at radius 1 is 1.00 bits per heavy atom. The minimum Gasteiger partial charge on any atom is -0.496 e. The fourth-order valence-corrected chi connectivity index (χ4v) is 3.92. The van der Waals surface area contributed by atoms with E-state index in [4.69, 9.17) is 14.6 Å². The Bertz CT molecular complexity index is 1050. The molecular formula is C20H22ClN5O2S. The van der Waals surface area contributed by atoms with E-state index in [0.29, 0.717) is 5.82 Å². The first-order chi connectivity index (χ1) is 13.6. The smallest absolute Gasteiger partial charge is 0.212 e. The molecule has 0 aliphatic carbocycles. The third-order valence-corrected chi connectivity index (χ3v) is 5.44. The maximum atomic E-state index is 5.48. The summed E-state index contributed by atoms with van der Waals surface area (Å²) in [5, 5.41) is 14.3. The fourth-order valence-electron chi connectivity index (χ4n) is 3.09. The van der Waals surface area contributed by atoms with Gasteiger partial charge < -0.3 is 14.4 Å². The first kappa shape index (κ1) is 21.0. The molecule has 0 fully saturated rings. The zero-order valence-electron chi connectivity index (χ0n) is 16.6. The standard InChI is InChI=1S/C20H21N5O2S.ClH/c1-24(2)16-11-13(9-10-18(16)27-4)15-12-28-20-22-21-19(25(20)23-15)14-7-5-6-8-17(14)26-3;/h5-11H,12H2,1-4H3;1H. The van der Waals surface area contributed by atoms with Gasteiger partial charge in [-0.25, -0.2) is 0 Å². The van der Waals surface area contributed by atoms with E-state index in [2.05, 4.69) is 16.3 Å². The number of fused-ring (bicyclic) bond motifs is 1. The van der Waals surface area contributed by atoms with Crippen molar-refractivity contribution in [1.29, 1.82) is 0 Å². The van der Waals surface area contributed by atoms with Crippen molar-refractivity contribution in [3.63, 3.8) is 0 Å². The van der Waals surface area contributed by atoms with Gasteiger partial charge >= 0.3 is 0 Å². The maximum absolute atomic E-state index is 5.48. The molecule has 0 amide bonds. The van der Waals surface area contributed by atoms with E-state index in [1.165, 1.54) is 0 Å². The van der Waals surface area contributed by atoms with Crippen LogP contribution in [0.2, 0.25) is 0 Å². The monoisotopic (exact) mass is 431 g/mol. The van der Waals surface area contributed by atoms with Crippen LogP contribution in [0.4, 0.5) is 5.69 Å². The Kier molecular flexibility index (Phi) is 6.34. The molecule has 0 bridgehead atoms. The predicted molar refractivity (Wildman–Crippen MR) is 119 cm³/mol. The van der Waals surface area contributed by atoms with E-state index >= 15 is 0 Å². The van der Waals surface area contributed by atoms with Gasteiger partial charge in [0.2, 0.25) is 5.16 Å². The molecule has 0 saturated carbocycles. The van der Waals surface area contributed by atoms with Crippen molar-refractivity contribution in [3.05, 3.63) is 48.0 Å². The predicted octanol–water partition coefficient (Wildman–Crippen LogP) is 3.81. The third kappa shape index (κ3) is 3.90. The number of halogens is 1.